The lowest BCUT2D eigenvalue weighted by Gasteiger charge is -2.23. The number of hydrogen-bond donors (Lipinski definition) is 2. The van der Waals surface area contributed by atoms with Crippen molar-refractivity contribution in [3.63, 3.8) is 0 Å². The summed E-state index contributed by atoms with van der Waals surface area (Å²) in [6, 6.07) is 0.316. The predicted octanol–water partition coefficient (Wildman–Crippen LogP) is 2.05. The molecule has 1 aliphatic heterocycles. The van der Waals surface area contributed by atoms with Crippen molar-refractivity contribution >= 4 is 6.21 Å². The van der Waals surface area contributed by atoms with Crippen LogP contribution in [0.3, 0.4) is 0 Å². The smallest absolute Gasteiger partial charge is 0.0813 e. The molecule has 2 atom stereocenters. The molecule has 1 rings (SSSR count). The zero-order chi connectivity index (χ0) is 11.9. The summed E-state index contributed by atoms with van der Waals surface area (Å²) in [7, 11) is 0. The topological polar surface area (TPSA) is 58.6 Å². The van der Waals surface area contributed by atoms with Crippen LogP contribution in [0.15, 0.2) is 17.1 Å². The van der Waals surface area contributed by atoms with E-state index in [0.717, 1.165) is 25.7 Å². The molecular formula is C13H24N2O. The Bertz CT molecular complexity index is 234. The van der Waals surface area contributed by atoms with Gasteiger partial charge in [-0.05, 0) is 32.3 Å². The molecule has 0 spiro atoms. The summed E-state index contributed by atoms with van der Waals surface area (Å²) in [5, 5.41) is 9.04. The van der Waals surface area contributed by atoms with Crippen molar-refractivity contribution in [3.8, 4) is 0 Å². The highest BCUT2D eigenvalue weighted by atomic mass is 16.3. The summed E-state index contributed by atoms with van der Waals surface area (Å²) in [6.45, 7) is 2.26. The Morgan fingerprint density at radius 1 is 1.31 bits per heavy atom. The van der Waals surface area contributed by atoms with Crippen molar-refractivity contribution in [1.82, 2.24) is 0 Å². The Morgan fingerprint density at radius 2 is 2.12 bits per heavy atom. The molecule has 2 unspecified atom stereocenters. The van der Waals surface area contributed by atoms with Gasteiger partial charge in [-0.15, -0.1) is 0 Å². The van der Waals surface area contributed by atoms with Crippen molar-refractivity contribution in [2.75, 3.05) is 6.61 Å². The third-order valence-corrected chi connectivity index (χ3v) is 3.14. The number of aliphatic hydroxyl groups is 1. The van der Waals surface area contributed by atoms with E-state index >= 15 is 0 Å². The lowest BCUT2D eigenvalue weighted by atomic mass is 9.90. The Hall–Kier alpha value is -0.670. The second kappa shape index (κ2) is 6.81. The van der Waals surface area contributed by atoms with Gasteiger partial charge < -0.3 is 10.8 Å². The van der Waals surface area contributed by atoms with Crippen LogP contribution in [0, 0.1) is 0 Å². The van der Waals surface area contributed by atoms with Gasteiger partial charge in [0.2, 0.25) is 0 Å². The third kappa shape index (κ3) is 4.45. The van der Waals surface area contributed by atoms with Crippen LogP contribution in [0.25, 0.3) is 0 Å². The van der Waals surface area contributed by atoms with Gasteiger partial charge in [-0.2, -0.15) is 0 Å². The molecular weight excluding hydrogens is 200 g/mol. The molecule has 0 bridgehead atoms. The molecule has 3 nitrogen and oxygen atoms in total. The monoisotopic (exact) mass is 224 g/mol. The molecule has 0 aromatic carbocycles. The van der Waals surface area contributed by atoms with Gasteiger partial charge in [0.25, 0.3) is 0 Å². The van der Waals surface area contributed by atoms with Gasteiger partial charge in [-0.1, -0.05) is 25.3 Å². The highest BCUT2D eigenvalue weighted by Crippen LogP contribution is 2.28. The van der Waals surface area contributed by atoms with Crippen molar-refractivity contribution in [3.05, 3.63) is 12.2 Å². The van der Waals surface area contributed by atoms with Gasteiger partial charge in [0, 0.05) is 18.9 Å². The summed E-state index contributed by atoms with van der Waals surface area (Å²) in [6.07, 6.45) is 12.4. The molecule has 0 amide bonds. The molecule has 0 saturated carbocycles. The van der Waals surface area contributed by atoms with Gasteiger partial charge in [-0.3, -0.25) is 4.99 Å². The van der Waals surface area contributed by atoms with E-state index in [2.05, 4.69) is 18.0 Å². The van der Waals surface area contributed by atoms with Crippen LogP contribution in [-0.2, 0) is 0 Å². The summed E-state index contributed by atoms with van der Waals surface area (Å²) < 4.78 is 0. The van der Waals surface area contributed by atoms with Crippen LogP contribution in [0.1, 0.15) is 45.4 Å². The van der Waals surface area contributed by atoms with Crippen LogP contribution in [0.5, 0.6) is 0 Å². The Morgan fingerprint density at radius 3 is 2.69 bits per heavy atom. The summed E-state index contributed by atoms with van der Waals surface area (Å²) in [4.78, 5) is 4.47. The maximum Gasteiger partial charge on any atom is 0.0813 e. The highest BCUT2D eigenvalue weighted by Gasteiger charge is 2.26. The van der Waals surface area contributed by atoms with Crippen molar-refractivity contribution in [2.45, 2.75) is 57.0 Å². The van der Waals surface area contributed by atoms with Crippen LogP contribution < -0.4 is 5.73 Å². The number of unbranched alkanes of at least 4 members (excludes halogenated alkanes) is 2. The van der Waals surface area contributed by atoms with E-state index in [9.17, 15) is 0 Å². The lowest BCUT2D eigenvalue weighted by molar-refractivity contribution is 0.252. The van der Waals surface area contributed by atoms with E-state index < -0.39 is 0 Å². The molecule has 3 heteroatoms. The molecule has 0 radical (unpaired) electrons. The van der Waals surface area contributed by atoms with Gasteiger partial charge in [0.05, 0.1) is 5.54 Å². The number of nitrogens with two attached hydrogens (primary N) is 1. The average molecular weight is 224 g/mol. The molecule has 0 aromatic heterocycles. The van der Waals surface area contributed by atoms with Gasteiger partial charge in [-0.25, -0.2) is 0 Å². The van der Waals surface area contributed by atoms with Crippen molar-refractivity contribution in [1.29, 1.82) is 0 Å². The first-order chi connectivity index (χ1) is 7.68. The van der Waals surface area contributed by atoms with E-state index in [1.807, 2.05) is 12.3 Å². The summed E-state index contributed by atoms with van der Waals surface area (Å²) in [5.41, 5.74) is 5.59. The SMILES string of the molecule is CC(N)CCCCCC1(CCO)C=CC=N1. The first-order valence-electron chi connectivity index (χ1n) is 6.28. The minimum Gasteiger partial charge on any atom is -0.396 e. The van der Waals surface area contributed by atoms with Crippen molar-refractivity contribution < 1.29 is 5.11 Å². The largest absolute Gasteiger partial charge is 0.396 e. The molecule has 0 aromatic rings. The first-order valence-corrected chi connectivity index (χ1v) is 6.28. The summed E-state index contributed by atoms with van der Waals surface area (Å²) in [5.74, 6) is 0. The highest BCUT2D eigenvalue weighted by molar-refractivity contribution is 5.75. The molecule has 1 aliphatic rings. The fourth-order valence-electron chi connectivity index (χ4n) is 2.15. The fourth-order valence-corrected chi connectivity index (χ4v) is 2.15. The second-order valence-corrected chi connectivity index (χ2v) is 4.79. The number of hydrogen-bond acceptors (Lipinski definition) is 3. The van der Waals surface area contributed by atoms with E-state index in [-0.39, 0.29) is 12.1 Å². The molecule has 92 valence electrons. The maximum absolute atomic E-state index is 9.04. The normalized spacial score (nSPS) is 25.2. The Balaban J connectivity index is 2.19. The number of aliphatic hydroxyl groups excluding tert-OH is 1. The number of aliphatic imine (C=N–C) groups is 1. The average Bonchev–Trinajstić information content (AvgIpc) is 2.66. The van der Waals surface area contributed by atoms with E-state index in [4.69, 9.17) is 10.8 Å². The zero-order valence-electron chi connectivity index (χ0n) is 10.2. The maximum atomic E-state index is 9.04. The van der Waals surface area contributed by atoms with Gasteiger partial charge in [0.1, 0.15) is 0 Å². The molecule has 1 heterocycles. The van der Waals surface area contributed by atoms with E-state index in [1.54, 1.807) is 0 Å². The first kappa shape index (κ1) is 13.4. The van der Waals surface area contributed by atoms with E-state index in [1.165, 1.54) is 12.8 Å². The fraction of sp³-hybridized carbons (Fsp3) is 0.769. The van der Waals surface area contributed by atoms with Crippen LogP contribution >= 0.6 is 0 Å². The minimum atomic E-state index is -0.108. The molecule has 16 heavy (non-hydrogen) atoms. The lowest BCUT2D eigenvalue weighted by Crippen LogP contribution is -2.23. The molecule has 3 N–H and O–H groups in total. The second-order valence-electron chi connectivity index (χ2n) is 4.79. The third-order valence-electron chi connectivity index (χ3n) is 3.14. The number of rotatable bonds is 8. The Labute approximate surface area is 98.5 Å². The van der Waals surface area contributed by atoms with Gasteiger partial charge >= 0.3 is 0 Å². The van der Waals surface area contributed by atoms with E-state index in [0.29, 0.717) is 6.04 Å². The van der Waals surface area contributed by atoms with Crippen LogP contribution in [-0.4, -0.2) is 29.5 Å². The molecule has 0 saturated heterocycles. The minimum absolute atomic E-state index is 0.108. The number of allylic oxidation sites excluding steroid dienone is 1. The molecule has 0 fully saturated rings. The standard InChI is InChI=1S/C13H24N2O/c1-12(14)6-3-2-4-7-13(9-11-16)8-5-10-15-13/h5,8,10,12,16H,2-4,6-7,9,11,14H2,1H3. The Kier molecular flexibility index (Phi) is 5.71. The van der Waals surface area contributed by atoms with Gasteiger partial charge in [0.15, 0.2) is 0 Å². The quantitative estimate of drug-likeness (QED) is 0.620. The predicted molar refractivity (Wildman–Crippen MR) is 68.8 cm³/mol. The van der Waals surface area contributed by atoms with Crippen molar-refractivity contribution in [2.24, 2.45) is 10.7 Å². The zero-order valence-corrected chi connectivity index (χ0v) is 10.2. The summed E-state index contributed by atoms with van der Waals surface area (Å²) >= 11 is 0. The number of nitrogens with zero attached hydrogens (tertiary/aromatic N) is 1. The molecule has 0 aliphatic carbocycles. The van der Waals surface area contributed by atoms with Crippen LogP contribution in [0.4, 0.5) is 0 Å². The van der Waals surface area contributed by atoms with Crippen LogP contribution in [0.2, 0.25) is 0 Å².